The van der Waals surface area contributed by atoms with Crippen molar-refractivity contribution >= 4 is 21.6 Å². The summed E-state index contributed by atoms with van der Waals surface area (Å²) < 4.78 is 1.05. The second-order valence-electron chi connectivity index (χ2n) is 4.46. The van der Waals surface area contributed by atoms with E-state index < -0.39 is 0 Å². The molecule has 16 heavy (non-hydrogen) atoms. The molecule has 0 saturated heterocycles. The van der Waals surface area contributed by atoms with Gasteiger partial charge in [0.25, 0.3) is 0 Å². The zero-order chi connectivity index (χ0) is 11.5. The van der Waals surface area contributed by atoms with Crippen molar-refractivity contribution in [2.75, 3.05) is 5.73 Å². The number of nitrogens with two attached hydrogens (primary N) is 2. The molecule has 0 heterocycles. The van der Waals surface area contributed by atoms with E-state index in [0.29, 0.717) is 5.92 Å². The third-order valence-electron chi connectivity index (χ3n) is 3.43. The van der Waals surface area contributed by atoms with Crippen molar-refractivity contribution in [3.63, 3.8) is 0 Å². The summed E-state index contributed by atoms with van der Waals surface area (Å²) in [5.74, 6) is 6.30. The number of hydrogen-bond acceptors (Lipinski definition) is 3. The minimum absolute atomic E-state index is 0.181. The van der Waals surface area contributed by atoms with Gasteiger partial charge in [0, 0.05) is 10.2 Å². The molecule has 1 atom stereocenters. The first kappa shape index (κ1) is 11.9. The number of hydrazine groups is 1. The number of nitrogen functional groups attached to an aromatic ring is 1. The van der Waals surface area contributed by atoms with E-state index in [4.69, 9.17) is 11.6 Å². The molecule has 0 amide bonds. The van der Waals surface area contributed by atoms with Crippen LogP contribution in [0, 0.1) is 5.92 Å². The molecule has 0 aromatic heterocycles. The van der Waals surface area contributed by atoms with E-state index in [1.165, 1.54) is 25.7 Å². The first-order valence-electron chi connectivity index (χ1n) is 5.73. The SMILES string of the molecule is NNC(c1cc(Br)ccc1N)C1CCCC1. The predicted octanol–water partition coefficient (Wildman–Crippen LogP) is 2.73. The molecule has 88 valence electrons. The Hall–Kier alpha value is -0.580. The van der Waals surface area contributed by atoms with Crippen LogP contribution in [0.5, 0.6) is 0 Å². The van der Waals surface area contributed by atoms with E-state index in [9.17, 15) is 0 Å². The molecular formula is C12H18BrN3. The molecule has 1 unspecified atom stereocenters. The van der Waals surface area contributed by atoms with Gasteiger partial charge in [-0.05, 0) is 42.5 Å². The highest BCUT2D eigenvalue weighted by Crippen LogP contribution is 2.37. The van der Waals surface area contributed by atoms with Crippen LogP contribution in [-0.4, -0.2) is 0 Å². The highest BCUT2D eigenvalue weighted by atomic mass is 79.9. The van der Waals surface area contributed by atoms with Gasteiger partial charge in [-0.15, -0.1) is 0 Å². The van der Waals surface area contributed by atoms with Gasteiger partial charge in [-0.2, -0.15) is 0 Å². The molecule has 3 nitrogen and oxygen atoms in total. The Morgan fingerprint density at radius 1 is 1.31 bits per heavy atom. The molecular weight excluding hydrogens is 266 g/mol. The van der Waals surface area contributed by atoms with Gasteiger partial charge in [0.15, 0.2) is 0 Å². The third-order valence-corrected chi connectivity index (χ3v) is 3.93. The highest BCUT2D eigenvalue weighted by molar-refractivity contribution is 9.10. The smallest absolute Gasteiger partial charge is 0.0508 e. The van der Waals surface area contributed by atoms with Crippen LogP contribution >= 0.6 is 15.9 Å². The minimum atomic E-state index is 0.181. The fourth-order valence-electron chi connectivity index (χ4n) is 2.59. The lowest BCUT2D eigenvalue weighted by Gasteiger charge is -2.24. The lowest BCUT2D eigenvalue weighted by atomic mass is 9.91. The number of hydrogen-bond donors (Lipinski definition) is 3. The van der Waals surface area contributed by atoms with Crippen LogP contribution in [0.1, 0.15) is 37.3 Å². The monoisotopic (exact) mass is 283 g/mol. The second kappa shape index (κ2) is 5.17. The van der Waals surface area contributed by atoms with Gasteiger partial charge in [-0.1, -0.05) is 28.8 Å². The van der Waals surface area contributed by atoms with Crippen molar-refractivity contribution in [2.24, 2.45) is 11.8 Å². The Kier molecular flexibility index (Phi) is 3.84. The fourth-order valence-corrected chi connectivity index (χ4v) is 2.96. The fraction of sp³-hybridized carbons (Fsp3) is 0.500. The zero-order valence-electron chi connectivity index (χ0n) is 9.25. The largest absolute Gasteiger partial charge is 0.398 e. The molecule has 0 radical (unpaired) electrons. The maximum atomic E-state index is 6.02. The molecule has 1 fully saturated rings. The van der Waals surface area contributed by atoms with Gasteiger partial charge >= 0.3 is 0 Å². The van der Waals surface area contributed by atoms with Crippen molar-refractivity contribution in [1.82, 2.24) is 5.43 Å². The van der Waals surface area contributed by atoms with Crippen LogP contribution in [0.4, 0.5) is 5.69 Å². The Morgan fingerprint density at radius 3 is 2.62 bits per heavy atom. The molecule has 5 N–H and O–H groups in total. The summed E-state index contributed by atoms with van der Waals surface area (Å²) in [5, 5.41) is 0. The lowest BCUT2D eigenvalue weighted by Crippen LogP contribution is -2.33. The van der Waals surface area contributed by atoms with Gasteiger partial charge in [0.2, 0.25) is 0 Å². The number of rotatable bonds is 3. The summed E-state index contributed by atoms with van der Waals surface area (Å²) in [5.41, 5.74) is 10.9. The molecule has 0 aliphatic heterocycles. The topological polar surface area (TPSA) is 64.1 Å². The quantitative estimate of drug-likeness (QED) is 0.454. The predicted molar refractivity (Wildman–Crippen MR) is 70.6 cm³/mol. The Labute approximate surface area is 105 Å². The van der Waals surface area contributed by atoms with E-state index in [1.54, 1.807) is 0 Å². The molecule has 0 bridgehead atoms. The summed E-state index contributed by atoms with van der Waals surface area (Å²) in [7, 11) is 0. The van der Waals surface area contributed by atoms with Crippen LogP contribution in [-0.2, 0) is 0 Å². The van der Waals surface area contributed by atoms with Crippen LogP contribution in [0.25, 0.3) is 0 Å². The van der Waals surface area contributed by atoms with Crippen molar-refractivity contribution in [1.29, 1.82) is 0 Å². The van der Waals surface area contributed by atoms with Crippen molar-refractivity contribution in [3.8, 4) is 0 Å². The van der Waals surface area contributed by atoms with Gasteiger partial charge in [-0.3, -0.25) is 11.3 Å². The minimum Gasteiger partial charge on any atom is -0.398 e. The first-order valence-corrected chi connectivity index (χ1v) is 6.52. The van der Waals surface area contributed by atoms with Crippen molar-refractivity contribution in [2.45, 2.75) is 31.7 Å². The average Bonchev–Trinajstić information content (AvgIpc) is 2.78. The van der Waals surface area contributed by atoms with Crippen LogP contribution in [0.2, 0.25) is 0 Å². The molecule has 2 rings (SSSR count). The Balaban J connectivity index is 2.28. The summed E-state index contributed by atoms with van der Waals surface area (Å²) in [4.78, 5) is 0. The molecule has 1 saturated carbocycles. The molecule has 1 aliphatic carbocycles. The molecule has 0 spiro atoms. The number of nitrogens with one attached hydrogen (secondary N) is 1. The maximum Gasteiger partial charge on any atom is 0.0508 e. The third kappa shape index (κ3) is 2.39. The Bertz CT molecular complexity index is 361. The Morgan fingerprint density at radius 2 is 2.00 bits per heavy atom. The standard InChI is InChI=1S/C12H18BrN3/c13-9-5-6-11(14)10(7-9)12(16-15)8-3-1-2-4-8/h5-8,12,16H,1-4,14-15H2. The van der Waals surface area contributed by atoms with E-state index in [1.807, 2.05) is 12.1 Å². The summed E-state index contributed by atoms with van der Waals surface area (Å²) in [6.07, 6.45) is 5.08. The van der Waals surface area contributed by atoms with E-state index >= 15 is 0 Å². The van der Waals surface area contributed by atoms with Crippen molar-refractivity contribution < 1.29 is 0 Å². The van der Waals surface area contributed by atoms with Gasteiger partial charge in [-0.25, -0.2) is 0 Å². The number of benzene rings is 1. The molecule has 1 aromatic carbocycles. The van der Waals surface area contributed by atoms with Gasteiger partial charge in [0.1, 0.15) is 0 Å². The van der Waals surface area contributed by atoms with E-state index in [0.717, 1.165) is 15.7 Å². The first-order chi connectivity index (χ1) is 7.72. The summed E-state index contributed by atoms with van der Waals surface area (Å²) in [6, 6.07) is 6.14. The van der Waals surface area contributed by atoms with E-state index in [-0.39, 0.29) is 6.04 Å². The molecule has 1 aliphatic rings. The van der Waals surface area contributed by atoms with Gasteiger partial charge < -0.3 is 5.73 Å². The second-order valence-corrected chi connectivity index (χ2v) is 5.38. The number of anilines is 1. The normalized spacial score (nSPS) is 18.9. The van der Waals surface area contributed by atoms with Crippen LogP contribution < -0.4 is 17.0 Å². The maximum absolute atomic E-state index is 6.02. The van der Waals surface area contributed by atoms with Gasteiger partial charge in [0.05, 0.1) is 6.04 Å². The van der Waals surface area contributed by atoms with Crippen molar-refractivity contribution in [3.05, 3.63) is 28.2 Å². The molecule has 1 aromatic rings. The van der Waals surface area contributed by atoms with E-state index in [2.05, 4.69) is 27.4 Å². The average molecular weight is 284 g/mol. The van der Waals surface area contributed by atoms with Crippen LogP contribution in [0.15, 0.2) is 22.7 Å². The molecule has 4 heteroatoms. The van der Waals surface area contributed by atoms with Crippen LogP contribution in [0.3, 0.4) is 0 Å². The zero-order valence-corrected chi connectivity index (χ0v) is 10.8. The highest BCUT2D eigenvalue weighted by Gasteiger charge is 2.26. The number of halogens is 1. The summed E-state index contributed by atoms with van der Waals surface area (Å²) in [6.45, 7) is 0. The summed E-state index contributed by atoms with van der Waals surface area (Å²) >= 11 is 3.48. The lowest BCUT2D eigenvalue weighted by molar-refractivity contribution is 0.374.